The predicted octanol–water partition coefficient (Wildman–Crippen LogP) is 3.34. The van der Waals surface area contributed by atoms with Gasteiger partial charge in [-0.25, -0.2) is 13.1 Å². The average Bonchev–Trinajstić information content (AvgIpc) is 3.44. The largest absolute Gasteiger partial charge is 0.486 e. The molecule has 0 radical (unpaired) electrons. The van der Waals surface area contributed by atoms with Crippen LogP contribution in [0.3, 0.4) is 0 Å². The third-order valence-electron chi connectivity index (χ3n) is 6.75. The molecule has 1 saturated carbocycles. The molecule has 32 heavy (non-hydrogen) atoms. The molecule has 2 fully saturated rings. The van der Waals surface area contributed by atoms with E-state index < -0.39 is 10.0 Å². The van der Waals surface area contributed by atoms with Crippen molar-refractivity contribution in [2.45, 2.75) is 43.1 Å². The van der Waals surface area contributed by atoms with E-state index in [0.29, 0.717) is 13.2 Å². The second-order valence-corrected chi connectivity index (χ2v) is 10.9. The molecule has 0 amide bonds. The van der Waals surface area contributed by atoms with Crippen molar-refractivity contribution < 1.29 is 17.9 Å². The number of hydrogen-bond donors (Lipinski definition) is 2. The van der Waals surface area contributed by atoms with Crippen LogP contribution in [0.15, 0.2) is 48.7 Å². The van der Waals surface area contributed by atoms with Crippen molar-refractivity contribution in [3.05, 3.63) is 59.8 Å². The maximum Gasteiger partial charge on any atom is 0.214 e. The molecule has 2 aliphatic heterocycles. The van der Waals surface area contributed by atoms with Crippen molar-refractivity contribution in [1.82, 2.24) is 14.6 Å². The fraction of sp³-hybridized carbons (Fsp3) is 0.417. The van der Waals surface area contributed by atoms with E-state index in [1.807, 2.05) is 24.4 Å². The van der Waals surface area contributed by atoms with Crippen LogP contribution < -0.4 is 14.2 Å². The minimum absolute atomic E-state index is 0.0754. The zero-order valence-electron chi connectivity index (χ0n) is 17.8. The van der Waals surface area contributed by atoms with Crippen molar-refractivity contribution in [1.29, 1.82) is 0 Å². The molecule has 3 aliphatic rings. The topological polar surface area (TPSA) is 83.7 Å². The Bertz CT molecular complexity index is 1250. The van der Waals surface area contributed by atoms with Crippen LogP contribution in [0.2, 0.25) is 0 Å². The molecular weight excluding hydrogens is 426 g/mol. The Hall–Kier alpha value is -2.55. The molecule has 3 aromatic rings. The van der Waals surface area contributed by atoms with Gasteiger partial charge in [0.15, 0.2) is 11.5 Å². The summed E-state index contributed by atoms with van der Waals surface area (Å²) in [5, 5.41) is 0.974. The molecule has 8 heteroatoms. The van der Waals surface area contributed by atoms with E-state index in [4.69, 9.17) is 9.47 Å². The van der Waals surface area contributed by atoms with Gasteiger partial charge in [-0.3, -0.25) is 4.90 Å². The van der Waals surface area contributed by atoms with Crippen molar-refractivity contribution in [2.24, 2.45) is 0 Å². The lowest BCUT2D eigenvalue weighted by molar-refractivity contribution is 0.170. The highest BCUT2D eigenvalue weighted by Crippen LogP contribution is 2.40. The van der Waals surface area contributed by atoms with Crippen LogP contribution in [0.5, 0.6) is 11.5 Å². The van der Waals surface area contributed by atoms with Gasteiger partial charge in [0.1, 0.15) is 13.2 Å². The number of hydrogen-bond acceptors (Lipinski definition) is 5. The van der Waals surface area contributed by atoms with Crippen LogP contribution in [0, 0.1) is 0 Å². The second kappa shape index (κ2) is 7.79. The van der Waals surface area contributed by atoms with Gasteiger partial charge in [-0.15, -0.1) is 0 Å². The van der Waals surface area contributed by atoms with E-state index in [1.165, 1.54) is 10.9 Å². The second-order valence-electron chi connectivity index (χ2n) is 8.93. The summed E-state index contributed by atoms with van der Waals surface area (Å²) >= 11 is 0. The number of ether oxygens (including phenoxy) is 2. The lowest BCUT2D eigenvalue weighted by atomic mass is 9.99. The molecule has 2 aromatic carbocycles. The molecule has 1 saturated heterocycles. The first-order chi connectivity index (χ1) is 15.6. The lowest BCUT2D eigenvalue weighted by Gasteiger charge is -2.30. The first-order valence-corrected chi connectivity index (χ1v) is 12.8. The monoisotopic (exact) mass is 453 g/mol. The maximum absolute atomic E-state index is 12.8. The van der Waals surface area contributed by atoms with E-state index in [0.717, 1.165) is 54.9 Å². The van der Waals surface area contributed by atoms with E-state index in [2.05, 4.69) is 38.9 Å². The molecule has 2 N–H and O–H groups in total. The zero-order valence-corrected chi connectivity index (χ0v) is 18.6. The number of benzene rings is 2. The van der Waals surface area contributed by atoms with Crippen molar-refractivity contribution in [2.75, 3.05) is 19.8 Å². The molecule has 7 nitrogen and oxygen atoms in total. The van der Waals surface area contributed by atoms with E-state index in [1.54, 1.807) is 0 Å². The fourth-order valence-electron chi connectivity index (χ4n) is 5.04. The van der Waals surface area contributed by atoms with Crippen molar-refractivity contribution in [3.8, 4) is 11.5 Å². The van der Waals surface area contributed by atoms with Crippen LogP contribution in [-0.4, -0.2) is 49.4 Å². The Morgan fingerprint density at radius 2 is 1.88 bits per heavy atom. The summed E-state index contributed by atoms with van der Waals surface area (Å²) in [7, 11) is -3.29. The van der Waals surface area contributed by atoms with Crippen LogP contribution in [0.1, 0.15) is 36.4 Å². The third-order valence-corrected chi connectivity index (χ3v) is 8.73. The van der Waals surface area contributed by atoms with Crippen molar-refractivity contribution >= 4 is 20.9 Å². The summed E-state index contributed by atoms with van der Waals surface area (Å²) in [6.45, 7) is 2.64. The number of aromatic amines is 1. The van der Waals surface area contributed by atoms with Gasteiger partial charge in [-0.1, -0.05) is 18.2 Å². The third kappa shape index (κ3) is 3.66. The van der Waals surface area contributed by atoms with E-state index in [-0.39, 0.29) is 17.3 Å². The molecule has 1 aliphatic carbocycles. The number of nitrogens with one attached hydrogen (secondary N) is 2. The standard InChI is InChI=1S/C24H27N3O4S/c28-32(29,18-5-6-18)26-21-9-11-27(15-17-2-1-3-20-19(17)8-10-25-20)24(21)16-4-7-22-23(14-16)31-13-12-30-22/h1-4,7-8,10,14,18,21,24-26H,5-6,9,11-13,15H2. The number of H-pyrrole nitrogens is 1. The van der Waals surface area contributed by atoms with Gasteiger partial charge < -0.3 is 14.5 Å². The van der Waals surface area contributed by atoms with Gasteiger partial charge in [0.05, 0.1) is 11.3 Å². The minimum Gasteiger partial charge on any atom is -0.486 e. The number of aromatic nitrogens is 1. The molecule has 0 bridgehead atoms. The van der Waals surface area contributed by atoms with Gasteiger partial charge in [-0.05, 0) is 54.7 Å². The minimum atomic E-state index is -3.29. The number of rotatable bonds is 6. The normalized spacial score (nSPS) is 23.6. The molecule has 1 aromatic heterocycles. The summed E-state index contributed by atoms with van der Waals surface area (Å²) in [5.41, 5.74) is 3.40. The lowest BCUT2D eigenvalue weighted by Crippen LogP contribution is -2.41. The average molecular weight is 454 g/mol. The molecule has 168 valence electrons. The first kappa shape index (κ1) is 20.1. The van der Waals surface area contributed by atoms with Gasteiger partial charge >= 0.3 is 0 Å². The summed E-state index contributed by atoms with van der Waals surface area (Å²) in [6, 6.07) is 14.2. The molecule has 0 spiro atoms. The number of nitrogens with zero attached hydrogens (tertiary/aromatic N) is 1. The maximum atomic E-state index is 12.8. The number of sulfonamides is 1. The highest BCUT2D eigenvalue weighted by Gasteiger charge is 2.42. The quantitative estimate of drug-likeness (QED) is 0.598. The molecule has 2 atom stereocenters. The fourth-order valence-corrected chi connectivity index (χ4v) is 6.65. The van der Waals surface area contributed by atoms with Crippen LogP contribution in [-0.2, 0) is 16.6 Å². The van der Waals surface area contributed by atoms with Gasteiger partial charge in [0, 0.05) is 36.2 Å². The SMILES string of the molecule is O=S(=O)(NC1CCN(Cc2cccc3[nH]ccc23)C1c1ccc2c(c1)OCCO2)C1CC1. The van der Waals surface area contributed by atoms with Crippen LogP contribution in [0.4, 0.5) is 0 Å². The summed E-state index contributed by atoms with van der Waals surface area (Å²) in [6.07, 6.45) is 4.25. The molecule has 2 unspecified atom stereocenters. The Labute approximate surface area is 187 Å². The molecule has 3 heterocycles. The Balaban J connectivity index is 1.35. The smallest absolute Gasteiger partial charge is 0.214 e. The number of fused-ring (bicyclic) bond motifs is 2. The van der Waals surface area contributed by atoms with Gasteiger partial charge in [0.25, 0.3) is 0 Å². The predicted molar refractivity (Wildman–Crippen MR) is 122 cm³/mol. The van der Waals surface area contributed by atoms with Crippen molar-refractivity contribution in [3.63, 3.8) is 0 Å². The van der Waals surface area contributed by atoms with E-state index >= 15 is 0 Å². The number of likely N-dealkylation sites (tertiary alicyclic amines) is 1. The van der Waals surface area contributed by atoms with Gasteiger partial charge in [-0.2, -0.15) is 0 Å². The Morgan fingerprint density at radius 3 is 2.72 bits per heavy atom. The Kier molecular flexibility index (Phi) is 4.89. The van der Waals surface area contributed by atoms with E-state index in [9.17, 15) is 8.42 Å². The first-order valence-electron chi connectivity index (χ1n) is 11.3. The summed E-state index contributed by atoms with van der Waals surface area (Å²) in [4.78, 5) is 5.66. The van der Waals surface area contributed by atoms with Crippen LogP contribution in [0.25, 0.3) is 10.9 Å². The summed E-state index contributed by atoms with van der Waals surface area (Å²) < 4.78 is 40.1. The van der Waals surface area contributed by atoms with Gasteiger partial charge in [0.2, 0.25) is 10.0 Å². The summed E-state index contributed by atoms with van der Waals surface area (Å²) in [5.74, 6) is 1.48. The Morgan fingerprint density at radius 1 is 1.03 bits per heavy atom. The molecular formula is C24H27N3O4S. The molecule has 6 rings (SSSR count). The zero-order chi connectivity index (χ0) is 21.7. The highest BCUT2D eigenvalue weighted by molar-refractivity contribution is 7.90. The van der Waals surface area contributed by atoms with Crippen LogP contribution >= 0.6 is 0 Å². The highest BCUT2D eigenvalue weighted by atomic mass is 32.2.